The van der Waals surface area contributed by atoms with Gasteiger partial charge in [0, 0.05) is 49.9 Å². The van der Waals surface area contributed by atoms with E-state index in [1.54, 1.807) is 78.9 Å². The van der Waals surface area contributed by atoms with Gasteiger partial charge in [0.25, 0.3) is 11.8 Å². The SMILES string of the molecule is C=CCO[C@H]1O[C@H](CNC(=O)c2ccccc2-c2ccccc2C(=O)N[C@@H](Cc2ccc(O)cc2)C(=O)OC)C=C[C@@H]1CC(=O)N[C@@H](Cc1ccccc1)C(=O)N[C@@H](CC(C)C)C(=O)NC. The number of carbonyl (C=O) groups is 6. The van der Waals surface area contributed by atoms with E-state index in [1.807, 2.05) is 44.2 Å². The van der Waals surface area contributed by atoms with Crippen LogP contribution in [0.15, 0.2) is 128 Å². The van der Waals surface area contributed by atoms with Crippen molar-refractivity contribution >= 4 is 35.5 Å². The summed E-state index contributed by atoms with van der Waals surface area (Å²) in [4.78, 5) is 80.6. The van der Waals surface area contributed by atoms with Crippen molar-refractivity contribution in [3.63, 3.8) is 0 Å². The Balaban J connectivity index is 1.27. The molecule has 1 aliphatic heterocycles. The lowest BCUT2D eigenvalue weighted by Gasteiger charge is -2.32. The van der Waals surface area contributed by atoms with Gasteiger partial charge >= 0.3 is 5.97 Å². The third-order valence-corrected chi connectivity index (χ3v) is 10.8. The van der Waals surface area contributed by atoms with E-state index in [-0.39, 0.29) is 61.1 Å². The molecular weight excluding hydrogens is 843 g/mol. The Morgan fingerprint density at radius 2 is 1.33 bits per heavy atom. The van der Waals surface area contributed by atoms with Crippen molar-refractivity contribution < 1.29 is 48.1 Å². The molecule has 6 atom stereocenters. The highest BCUT2D eigenvalue weighted by Gasteiger charge is 2.33. The first-order chi connectivity index (χ1) is 31.8. The van der Waals surface area contributed by atoms with Crippen LogP contribution in [-0.2, 0) is 46.2 Å². The van der Waals surface area contributed by atoms with E-state index in [0.29, 0.717) is 23.1 Å². The lowest BCUT2D eigenvalue weighted by atomic mass is 9.94. The van der Waals surface area contributed by atoms with Gasteiger partial charge in [-0.25, -0.2) is 4.79 Å². The standard InChI is InChI=1S/C51H59N5O10/c1-6-26-65-51-35(30-45(58)54-43(28-33-14-8-7-9-15-33)49(62)55-42(27-32(2)3)48(61)52-4)22-25-37(66-51)31-53-46(59)40-18-12-10-16-38(40)39-17-11-13-19-41(39)47(60)56-44(50(63)64-5)29-34-20-23-36(57)24-21-34/h6-25,32,35,37,42-44,51,57H,1,26-31H2,2-5H3,(H,52,61)(H,53,59)(H,54,58)(H,55,62)(H,56,60)/t35-,37+,42+,43+,44+,51+/m1/s1. The van der Waals surface area contributed by atoms with Gasteiger partial charge in [-0.1, -0.05) is 111 Å². The Morgan fingerprint density at radius 1 is 0.727 bits per heavy atom. The fourth-order valence-electron chi connectivity index (χ4n) is 7.52. The van der Waals surface area contributed by atoms with Gasteiger partial charge in [0.1, 0.15) is 23.9 Å². The van der Waals surface area contributed by atoms with E-state index in [1.165, 1.54) is 26.3 Å². The number of likely N-dealkylation sites (N-methyl/N-ethyl adjacent to an activating group) is 1. The van der Waals surface area contributed by atoms with Crippen LogP contribution in [-0.4, -0.2) is 98.4 Å². The number of methoxy groups -OCH3 is 1. The minimum absolute atomic E-state index is 0.0267. The van der Waals surface area contributed by atoms with Gasteiger partial charge in [0.05, 0.1) is 19.8 Å². The number of hydrogen-bond acceptors (Lipinski definition) is 10. The van der Waals surface area contributed by atoms with E-state index in [0.717, 1.165) is 5.56 Å². The monoisotopic (exact) mass is 901 g/mol. The summed E-state index contributed by atoms with van der Waals surface area (Å²) < 4.78 is 17.2. The van der Waals surface area contributed by atoms with Gasteiger partial charge in [-0.05, 0) is 58.9 Å². The molecule has 15 heteroatoms. The largest absolute Gasteiger partial charge is 0.508 e. The van der Waals surface area contributed by atoms with Crippen LogP contribution >= 0.6 is 0 Å². The predicted octanol–water partition coefficient (Wildman–Crippen LogP) is 4.80. The summed E-state index contributed by atoms with van der Waals surface area (Å²) >= 11 is 0. The van der Waals surface area contributed by atoms with E-state index >= 15 is 0 Å². The van der Waals surface area contributed by atoms with Gasteiger partial charge in [-0.15, -0.1) is 6.58 Å². The van der Waals surface area contributed by atoms with Crippen LogP contribution in [0.2, 0.25) is 0 Å². The molecule has 0 aromatic heterocycles. The highest BCUT2D eigenvalue weighted by Crippen LogP contribution is 2.28. The molecule has 1 aliphatic rings. The zero-order valence-electron chi connectivity index (χ0n) is 37.7. The highest BCUT2D eigenvalue weighted by atomic mass is 16.7. The second kappa shape index (κ2) is 24.8. The molecule has 4 aromatic carbocycles. The van der Waals surface area contributed by atoms with Gasteiger partial charge in [0.2, 0.25) is 17.7 Å². The number of nitrogens with one attached hydrogen (secondary N) is 5. The fourth-order valence-corrected chi connectivity index (χ4v) is 7.52. The number of rotatable bonds is 22. The average molecular weight is 902 g/mol. The van der Waals surface area contributed by atoms with Gasteiger partial charge in [-0.3, -0.25) is 24.0 Å². The Kier molecular flexibility index (Phi) is 18.8. The second-order valence-corrected chi connectivity index (χ2v) is 16.3. The lowest BCUT2D eigenvalue weighted by Crippen LogP contribution is -2.54. The van der Waals surface area contributed by atoms with Crippen LogP contribution in [0.1, 0.15) is 58.5 Å². The maximum atomic E-state index is 13.9. The van der Waals surface area contributed by atoms with Crippen LogP contribution in [0.25, 0.3) is 11.1 Å². The van der Waals surface area contributed by atoms with E-state index < -0.39 is 66.0 Å². The van der Waals surface area contributed by atoms with Crippen molar-refractivity contribution in [1.29, 1.82) is 0 Å². The number of phenols is 1. The number of ether oxygens (including phenoxy) is 3. The third-order valence-electron chi connectivity index (χ3n) is 10.8. The molecular formula is C51H59N5O10. The van der Waals surface area contributed by atoms with E-state index in [4.69, 9.17) is 14.2 Å². The van der Waals surface area contributed by atoms with Crippen LogP contribution in [0.5, 0.6) is 5.75 Å². The van der Waals surface area contributed by atoms with E-state index in [9.17, 15) is 33.9 Å². The smallest absolute Gasteiger partial charge is 0.328 e. The number of esters is 1. The molecule has 66 heavy (non-hydrogen) atoms. The number of benzene rings is 4. The molecule has 0 fully saturated rings. The highest BCUT2D eigenvalue weighted by molar-refractivity contribution is 6.07. The summed E-state index contributed by atoms with van der Waals surface area (Å²) in [5.74, 6) is -3.30. The first kappa shape index (κ1) is 49.9. The Labute approximate surface area is 385 Å². The summed E-state index contributed by atoms with van der Waals surface area (Å²) in [6.45, 7) is 7.78. The van der Waals surface area contributed by atoms with Crippen LogP contribution in [0.3, 0.4) is 0 Å². The molecule has 6 N–H and O–H groups in total. The molecule has 348 valence electrons. The molecule has 1 heterocycles. The summed E-state index contributed by atoms with van der Waals surface area (Å²) in [6, 6.07) is 26.3. The summed E-state index contributed by atoms with van der Waals surface area (Å²) in [6.07, 6.45) is 4.12. The molecule has 0 unspecified atom stereocenters. The van der Waals surface area contributed by atoms with Crippen LogP contribution in [0, 0.1) is 11.8 Å². The Morgan fingerprint density at radius 3 is 1.95 bits per heavy atom. The Bertz CT molecular complexity index is 2330. The minimum atomic E-state index is -1.04. The first-order valence-corrected chi connectivity index (χ1v) is 21.8. The second-order valence-electron chi connectivity index (χ2n) is 16.3. The van der Waals surface area contributed by atoms with Crippen molar-refractivity contribution in [3.8, 4) is 16.9 Å². The topological polar surface area (TPSA) is 210 Å². The lowest BCUT2D eigenvalue weighted by molar-refractivity contribution is -0.181. The maximum absolute atomic E-state index is 13.9. The van der Waals surface area contributed by atoms with Crippen molar-refractivity contribution in [1.82, 2.24) is 26.6 Å². The predicted molar refractivity (Wildman–Crippen MR) is 249 cm³/mol. The number of aromatic hydroxyl groups is 1. The third kappa shape index (κ3) is 14.5. The summed E-state index contributed by atoms with van der Waals surface area (Å²) in [5, 5.41) is 23.7. The van der Waals surface area contributed by atoms with Crippen LogP contribution < -0.4 is 26.6 Å². The normalized spacial score (nSPS) is 16.8. The number of amides is 5. The van der Waals surface area contributed by atoms with Crippen molar-refractivity contribution in [3.05, 3.63) is 150 Å². The summed E-state index contributed by atoms with van der Waals surface area (Å²) in [7, 11) is 2.74. The molecule has 0 spiro atoms. The molecule has 0 aliphatic carbocycles. The van der Waals surface area contributed by atoms with Crippen molar-refractivity contribution in [2.45, 2.75) is 70.1 Å². The Hall–Kier alpha value is -7.10. The van der Waals surface area contributed by atoms with E-state index in [2.05, 4.69) is 33.2 Å². The molecule has 0 saturated heterocycles. The number of carbonyl (C=O) groups excluding carboxylic acids is 6. The zero-order chi connectivity index (χ0) is 47.6. The molecule has 0 radical (unpaired) electrons. The van der Waals surface area contributed by atoms with Gasteiger partial charge in [0.15, 0.2) is 6.29 Å². The van der Waals surface area contributed by atoms with Crippen molar-refractivity contribution in [2.24, 2.45) is 11.8 Å². The van der Waals surface area contributed by atoms with Crippen LogP contribution in [0.4, 0.5) is 0 Å². The fraction of sp³-hybridized carbons (Fsp3) is 0.333. The number of phenolic OH excluding ortho intramolecular Hbond substituents is 1. The maximum Gasteiger partial charge on any atom is 0.328 e. The van der Waals surface area contributed by atoms with Gasteiger partial charge in [-0.2, -0.15) is 0 Å². The minimum Gasteiger partial charge on any atom is -0.508 e. The average Bonchev–Trinajstić information content (AvgIpc) is 3.32. The van der Waals surface area contributed by atoms with Gasteiger partial charge < -0.3 is 45.9 Å². The quantitative estimate of drug-likeness (QED) is 0.0469. The molecule has 5 amide bonds. The van der Waals surface area contributed by atoms with Crippen molar-refractivity contribution in [2.75, 3.05) is 27.3 Å². The molecule has 15 nitrogen and oxygen atoms in total. The first-order valence-electron chi connectivity index (χ1n) is 21.8. The summed E-state index contributed by atoms with van der Waals surface area (Å²) in [5.41, 5.74) is 2.93. The molecule has 0 saturated carbocycles. The molecule has 4 aromatic rings. The zero-order valence-corrected chi connectivity index (χ0v) is 37.7. The molecule has 0 bridgehead atoms. The molecule has 5 rings (SSSR count). The number of hydrogen-bond donors (Lipinski definition) is 6.